The summed E-state index contributed by atoms with van der Waals surface area (Å²) < 4.78 is 28.2. The summed E-state index contributed by atoms with van der Waals surface area (Å²) in [6.45, 7) is 1.81. The Morgan fingerprint density at radius 1 is 1.31 bits per heavy atom. The number of halogens is 2. The number of rotatable bonds is 5. The van der Waals surface area contributed by atoms with E-state index in [4.69, 9.17) is 11.5 Å². The molecule has 3 aromatic rings. The zero-order valence-corrected chi connectivity index (χ0v) is 17.8. The standard InChI is InChI=1S/C20H23F2N7O2S/c21-10-2-1-3-11(22)16(10)20-27-17(18(24)32-20)19(31)26-13-8-25-28-14(13)9-29-6-4-12(23)15(30)5-7-29/h1-3,8,12,15,30H,4-7,9,23-24H2,(H,25,28)(H,26,31). The molecule has 0 aliphatic carbocycles. The van der Waals surface area contributed by atoms with Crippen molar-refractivity contribution in [2.45, 2.75) is 31.5 Å². The molecule has 1 aliphatic rings. The van der Waals surface area contributed by atoms with Crippen LogP contribution in [0.15, 0.2) is 24.4 Å². The maximum atomic E-state index is 14.1. The van der Waals surface area contributed by atoms with Gasteiger partial charge in [-0.05, 0) is 25.0 Å². The van der Waals surface area contributed by atoms with Crippen LogP contribution in [-0.2, 0) is 6.54 Å². The van der Waals surface area contributed by atoms with Crippen LogP contribution in [0.1, 0.15) is 29.0 Å². The largest absolute Gasteiger partial charge is 0.391 e. The van der Waals surface area contributed by atoms with Gasteiger partial charge in [-0.3, -0.25) is 14.8 Å². The van der Waals surface area contributed by atoms with Gasteiger partial charge >= 0.3 is 0 Å². The van der Waals surface area contributed by atoms with E-state index in [2.05, 4.69) is 25.4 Å². The van der Waals surface area contributed by atoms with Gasteiger partial charge in [0.2, 0.25) is 0 Å². The average molecular weight is 464 g/mol. The first-order valence-electron chi connectivity index (χ1n) is 10.0. The number of amides is 1. The molecule has 0 radical (unpaired) electrons. The van der Waals surface area contributed by atoms with Crippen molar-refractivity contribution in [3.05, 3.63) is 47.4 Å². The number of nitrogens with zero attached hydrogens (tertiary/aromatic N) is 3. The van der Waals surface area contributed by atoms with Gasteiger partial charge in [-0.2, -0.15) is 5.10 Å². The van der Waals surface area contributed by atoms with Crippen molar-refractivity contribution < 1.29 is 18.7 Å². The zero-order valence-electron chi connectivity index (χ0n) is 17.0. The normalized spacial score (nSPS) is 19.6. The summed E-state index contributed by atoms with van der Waals surface area (Å²) in [5.41, 5.74) is 12.5. The third-order valence-corrected chi connectivity index (χ3v) is 6.31. The number of nitrogens with one attached hydrogen (secondary N) is 2. The minimum Gasteiger partial charge on any atom is -0.391 e. The third-order valence-electron chi connectivity index (χ3n) is 5.41. The second-order valence-electron chi connectivity index (χ2n) is 7.63. The Kier molecular flexibility index (Phi) is 6.46. The quantitative estimate of drug-likeness (QED) is 0.389. The van der Waals surface area contributed by atoms with Crippen LogP contribution in [-0.4, -0.2) is 56.3 Å². The van der Waals surface area contributed by atoms with Crippen LogP contribution in [0.5, 0.6) is 0 Å². The van der Waals surface area contributed by atoms with Crippen LogP contribution >= 0.6 is 11.3 Å². The number of aliphatic hydroxyl groups is 1. The first-order chi connectivity index (χ1) is 15.3. The Morgan fingerprint density at radius 3 is 2.78 bits per heavy atom. The molecule has 12 heteroatoms. The highest BCUT2D eigenvalue weighted by Crippen LogP contribution is 2.33. The van der Waals surface area contributed by atoms with Crippen LogP contribution in [0.3, 0.4) is 0 Å². The van der Waals surface area contributed by atoms with Crippen molar-refractivity contribution in [2.75, 3.05) is 24.1 Å². The fourth-order valence-electron chi connectivity index (χ4n) is 3.57. The first kappa shape index (κ1) is 22.3. The molecule has 1 fully saturated rings. The molecule has 7 N–H and O–H groups in total. The molecule has 2 aromatic heterocycles. The van der Waals surface area contributed by atoms with Gasteiger partial charge in [-0.25, -0.2) is 13.8 Å². The highest BCUT2D eigenvalue weighted by molar-refractivity contribution is 7.19. The summed E-state index contributed by atoms with van der Waals surface area (Å²) >= 11 is 0.831. The molecule has 2 unspecified atom stereocenters. The van der Waals surface area contributed by atoms with Gasteiger partial charge < -0.3 is 21.9 Å². The number of carbonyl (C=O) groups is 1. The number of aliphatic hydroxyl groups excluding tert-OH is 1. The number of aromatic amines is 1. The molecule has 0 saturated carbocycles. The van der Waals surface area contributed by atoms with Gasteiger partial charge in [-0.1, -0.05) is 17.4 Å². The maximum absolute atomic E-state index is 14.1. The van der Waals surface area contributed by atoms with Crippen molar-refractivity contribution in [3.8, 4) is 10.6 Å². The second kappa shape index (κ2) is 9.28. The summed E-state index contributed by atoms with van der Waals surface area (Å²) in [4.78, 5) is 19.0. The van der Waals surface area contributed by atoms with E-state index in [1.54, 1.807) is 0 Å². The third kappa shape index (κ3) is 4.63. The van der Waals surface area contributed by atoms with E-state index in [1.807, 2.05) is 0 Å². The summed E-state index contributed by atoms with van der Waals surface area (Å²) in [6.07, 6.45) is 2.14. The molecule has 9 nitrogen and oxygen atoms in total. The molecule has 2 atom stereocenters. The molecule has 0 bridgehead atoms. The summed E-state index contributed by atoms with van der Waals surface area (Å²) in [5, 5.41) is 19.5. The number of aromatic nitrogens is 3. The van der Waals surface area contributed by atoms with Crippen molar-refractivity contribution >= 4 is 27.9 Å². The highest BCUT2D eigenvalue weighted by atomic mass is 32.1. The monoisotopic (exact) mass is 463 g/mol. The van der Waals surface area contributed by atoms with Gasteiger partial charge in [-0.15, -0.1) is 0 Å². The number of hydrogen-bond donors (Lipinski definition) is 5. The summed E-state index contributed by atoms with van der Waals surface area (Å²) in [5.74, 6) is -2.19. The number of benzene rings is 1. The van der Waals surface area contributed by atoms with E-state index in [1.165, 1.54) is 12.3 Å². The Balaban J connectivity index is 1.49. The molecular weight excluding hydrogens is 440 g/mol. The van der Waals surface area contributed by atoms with E-state index in [-0.39, 0.29) is 27.3 Å². The van der Waals surface area contributed by atoms with Gasteiger partial charge in [0.15, 0.2) is 5.69 Å². The smallest absolute Gasteiger partial charge is 0.277 e. The van der Waals surface area contributed by atoms with E-state index < -0.39 is 23.6 Å². The number of carbonyl (C=O) groups excluding carboxylic acids is 1. The number of hydrogen-bond acceptors (Lipinski definition) is 8. The number of anilines is 2. The van der Waals surface area contributed by atoms with Gasteiger partial charge in [0.1, 0.15) is 21.6 Å². The van der Waals surface area contributed by atoms with Crippen LogP contribution in [0.25, 0.3) is 10.6 Å². The Labute approximate surface area is 186 Å². The zero-order chi connectivity index (χ0) is 22.8. The molecule has 3 heterocycles. The molecule has 0 spiro atoms. The topological polar surface area (TPSA) is 146 Å². The van der Waals surface area contributed by atoms with Crippen molar-refractivity contribution in [3.63, 3.8) is 0 Å². The Hall–Kier alpha value is -2.93. The molecule has 4 rings (SSSR count). The average Bonchev–Trinajstić information content (AvgIpc) is 3.31. The fraction of sp³-hybridized carbons (Fsp3) is 0.350. The second-order valence-corrected chi connectivity index (χ2v) is 8.66. The summed E-state index contributed by atoms with van der Waals surface area (Å²) in [6, 6.07) is 3.21. The lowest BCUT2D eigenvalue weighted by Gasteiger charge is -2.19. The predicted octanol–water partition coefficient (Wildman–Crippen LogP) is 1.93. The highest BCUT2D eigenvalue weighted by Gasteiger charge is 2.24. The summed E-state index contributed by atoms with van der Waals surface area (Å²) in [7, 11) is 0. The van der Waals surface area contributed by atoms with Gasteiger partial charge in [0.05, 0.1) is 29.2 Å². The van der Waals surface area contributed by atoms with E-state index in [0.717, 1.165) is 23.5 Å². The van der Waals surface area contributed by atoms with Crippen LogP contribution in [0.2, 0.25) is 0 Å². The lowest BCUT2D eigenvalue weighted by atomic mass is 10.1. The van der Waals surface area contributed by atoms with Gasteiger partial charge in [0.25, 0.3) is 5.91 Å². The predicted molar refractivity (Wildman–Crippen MR) is 117 cm³/mol. The molecular formula is C20H23F2N7O2S. The van der Waals surface area contributed by atoms with Crippen molar-refractivity contribution in [2.24, 2.45) is 5.73 Å². The van der Waals surface area contributed by atoms with Gasteiger partial charge in [0, 0.05) is 25.7 Å². The lowest BCUT2D eigenvalue weighted by molar-refractivity contribution is 0.102. The number of thiazole rings is 1. The van der Waals surface area contributed by atoms with Crippen molar-refractivity contribution in [1.82, 2.24) is 20.1 Å². The van der Waals surface area contributed by atoms with E-state index in [0.29, 0.717) is 43.9 Å². The van der Waals surface area contributed by atoms with Crippen LogP contribution in [0, 0.1) is 11.6 Å². The van der Waals surface area contributed by atoms with Crippen molar-refractivity contribution in [1.29, 1.82) is 0 Å². The number of likely N-dealkylation sites (tertiary alicyclic amines) is 1. The number of nitrogens with two attached hydrogens (primary N) is 2. The molecule has 1 amide bonds. The molecule has 1 aliphatic heterocycles. The Morgan fingerprint density at radius 2 is 2.03 bits per heavy atom. The van der Waals surface area contributed by atoms with E-state index >= 15 is 0 Å². The molecule has 170 valence electrons. The minimum atomic E-state index is -0.787. The minimum absolute atomic E-state index is 0.0184. The van der Waals surface area contributed by atoms with Crippen LogP contribution < -0.4 is 16.8 Å². The van der Waals surface area contributed by atoms with E-state index in [9.17, 15) is 18.7 Å². The number of nitrogen functional groups attached to an aromatic ring is 1. The molecule has 32 heavy (non-hydrogen) atoms. The lowest BCUT2D eigenvalue weighted by Crippen LogP contribution is -2.34. The molecule has 1 saturated heterocycles. The SMILES string of the molecule is Nc1sc(-c2c(F)cccc2F)nc1C(=O)Nc1cn[nH]c1CN1CCC(N)C(O)CC1. The van der Waals surface area contributed by atoms with Crippen LogP contribution in [0.4, 0.5) is 19.5 Å². The first-order valence-corrected chi connectivity index (χ1v) is 10.9. The fourth-order valence-corrected chi connectivity index (χ4v) is 4.45. The molecule has 1 aromatic carbocycles. The Bertz CT molecular complexity index is 1090. The number of H-pyrrole nitrogens is 1. The maximum Gasteiger partial charge on any atom is 0.277 e.